The molecule has 168 valence electrons. The van der Waals surface area contributed by atoms with E-state index in [9.17, 15) is 9.59 Å². The quantitative estimate of drug-likeness (QED) is 0.589. The van der Waals surface area contributed by atoms with Crippen LogP contribution in [-0.4, -0.2) is 43.0 Å². The minimum Gasteiger partial charge on any atom is -0.497 e. The van der Waals surface area contributed by atoms with E-state index in [1.807, 2.05) is 64.1 Å². The average molecular weight is 427 g/mol. The number of carbonyl (C=O) groups is 2. The summed E-state index contributed by atoms with van der Waals surface area (Å²) in [5.41, 5.74) is 3.03. The van der Waals surface area contributed by atoms with Crippen molar-refractivity contribution in [1.82, 2.24) is 10.2 Å². The Kier molecular flexibility index (Phi) is 9.38. The summed E-state index contributed by atoms with van der Waals surface area (Å²) in [6, 6.07) is 12.8. The van der Waals surface area contributed by atoms with Gasteiger partial charge in [0, 0.05) is 13.1 Å². The lowest BCUT2D eigenvalue weighted by atomic mass is 10.1. The highest BCUT2D eigenvalue weighted by Gasteiger charge is 2.28. The largest absolute Gasteiger partial charge is 0.497 e. The predicted molar refractivity (Wildman–Crippen MR) is 122 cm³/mol. The predicted octanol–water partition coefficient (Wildman–Crippen LogP) is 4.02. The van der Waals surface area contributed by atoms with Crippen LogP contribution >= 0.6 is 0 Å². The minimum absolute atomic E-state index is 0.135. The summed E-state index contributed by atoms with van der Waals surface area (Å²) in [7, 11) is 1.60. The van der Waals surface area contributed by atoms with Gasteiger partial charge in [0.05, 0.1) is 7.11 Å². The van der Waals surface area contributed by atoms with E-state index < -0.39 is 6.04 Å². The summed E-state index contributed by atoms with van der Waals surface area (Å²) >= 11 is 0. The maximum Gasteiger partial charge on any atom is 0.261 e. The van der Waals surface area contributed by atoms with Gasteiger partial charge in [-0.3, -0.25) is 9.59 Å². The highest BCUT2D eigenvalue weighted by molar-refractivity contribution is 5.88. The molecular formula is C25H34N2O4. The third-order valence-corrected chi connectivity index (χ3v) is 4.98. The maximum atomic E-state index is 13.2. The van der Waals surface area contributed by atoms with Crippen LogP contribution in [0, 0.1) is 13.8 Å². The summed E-state index contributed by atoms with van der Waals surface area (Å²) in [6.07, 6.45) is 1.34. The third-order valence-electron chi connectivity index (χ3n) is 4.98. The standard InChI is InChI=1S/C25H34N2O4/c1-6-11-26-25(29)23(7-2)27(16-20-9-8-10-21(15-20)30-5)24(28)17-31-22-13-18(3)12-19(4)14-22/h8-10,12-15,23H,6-7,11,16-17H2,1-5H3,(H,26,29)/t23-/m1/s1. The second-order valence-electron chi connectivity index (χ2n) is 7.70. The number of nitrogens with zero attached hydrogens (tertiary/aromatic N) is 1. The number of aryl methyl sites for hydroxylation is 2. The first-order valence-corrected chi connectivity index (χ1v) is 10.8. The molecule has 0 bridgehead atoms. The number of rotatable bonds is 11. The molecule has 0 aromatic heterocycles. The van der Waals surface area contributed by atoms with Gasteiger partial charge >= 0.3 is 0 Å². The van der Waals surface area contributed by atoms with Crippen molar-refractivity contribution in [1.29, 1.82) is 0 Å². The van der Waals surface area contributed by atoms with Crippen molar-refractivity contribution < 1.29 is 19.1 Å². The molecule has 0 saturated carbocycles. The lowest BCUT2D eigenvalue weighted by molar-refractivity contribution is -0.143. The Morgan fingerprint density at radius 1 is 1.03 bits per heavy atom. The van der Waals surface area contributed by atoms with E-state index in [1.165, 1.54) is 0 Å². The van der Waals surface area contributed by atoms with Gasteiger partial charge in [-0.15, -0.1) is 0 Å². The molecule has 2 rings (SSSR count). The van der Waals surface area contributed by atoms with Gasteiger partial charge in [-0.1, -0.05) is 32.0 Å². The summed E-state index contributed by atoms with van der Waals surface area (Å²) in [6.45, 7) is 8.62. The van der Waals surface area contributed by atoms with Crippen LogP contribution in [0.4, 0.5) is 0 Å². The molecule has 6 heteroatoms. The first-order chi connectivity index (χ1) is 14.9. The van der Waals surface area contributed by atoms with Crippen molar-refractivity contribution in [3.05, 3.63) is 59.2 Å². The fourth-order valence-corrected chi connectivity index (χ4v) is 3.50. The van der Waals surface area contributed by atoms with E-state index >= 15 is 0 Å². The van der Waals surface area contributed by atoms with Crippen LogP contribution in [0.2, 0.25) is 0 Å². The van der Waals surface area contributed by atoms with Crippen molar-refractivity contribution >= 4 is 11.8 Å². The van der Waals surface area contributed by atoms with E-state index in [0.717, 1.165) is 23.1 Å². The van der Waals surface area contributed by atoms with Crippen molar-refractivity contribution in [3.63, 3.8) is 0 Å². The van der Waals surface area contributed by atoms with E-state index in [2.05, 4.69) is 11.4 Å². The summed E-state index contributed by atoms with van der Waals surface area (Å²) < 4.78 is 11.1. The van der Waals surface area contributed by atoms with E-state index in [1.54, 1.807) is 12.0 Å². The molecule has 0 aliphatic heterocycles. The topological polar surface area (TPSA) is 67.9 Å². The zero-order chi connectivity index (χ0) is 22.8. The van der Waals surface area contributed by atoms with Gasteiger partial charge in [0.2, 0.25) is 5.91 Å². The Balaban J connectivity index is 2.23. The highest BCUT2D eigenvalue weighted by Crippen LogP contribution is 2.19. The number of carbonyl (C=O) groups excluding carboxylic acids is 2. The molecule has 0 heterocycles. The molecule has 6 nitrogen and oxygen atoms in total. The minimum atomic E-state index is -0.576. The van der Waals surface area contributed by atoms with Crippen LogP contribution in [0.15, 0.2) is 42.5 Å². The molecule has 2 aromatic carbocycles. The van der Waals surface area contributed by atoms with Crippen LogP contribution < -0.4 is 14.8 Å². The monoisotopic (exact) mass is 426 g/mol. The molecule has 0 aliphatic rings. The van der Waals surface area contributed by atoms with Gasteiger partial charge in [-0.2, -0.15) is 0 Å². The number of ether oxygens (including phenoxy) is 2. The SMILES string of the molecule is CCCNC(=O)[C@@H](CC)N(Cc1cccc(OC)c1)C(=O)COc1cc(C)cc(C)c1. The number of hydrogen-bond acceptors (Lipinski definition) is 4. The second-order valence-corrected chi connectivity index (χ2v) is 7.70. The number of benzene rings is 2. The average Bonchev–Trinajstić information content (AvgIpc) is 2.75. The van der Waals surface area contributed by atoms with Crippen molar-refractivity contribution in [2.24, 2.45) is 0 Å². The molecule has 2 amide bonds. The Morgan fingerprint density at radius 2 is 1.74 bits per heavy atom. The summed E-state index contributed by atoms with van der Waals surface area (Å²) in [5, 5.41) is 2.92. The number of hydrogen-bond donors (Lipinski definition) is 1. The maximum absolute atomic E-state index is 13.2. The van der Waals surface area contributed by atoms with Crippen LogP contribution in [0.25, 0.3) is 0 Å². The molecule has 0 radical (unpaired) electrons. The summed E-state index contributed by atoms with van der Waals surface area (Å²) in [4.78, 5) is 27.6. The second kappa shape index (κ2) is 12.0. The Bertz CT molecular complexity index is 861. The third kappa shape index (κ3) is 7.31. The lowest BCUT2D eigenvalue weighted by Crippen LogP contribution is -2.50. The lowest BCUT2D eigenvalue weighted by Gasteiger charge is -2.30. The molecule has 1 N–H and O–H groups in total. The smallest absolute Gasteiger partial charge is 0.261 e. The normalized spacial score (nSPS) is 11.5. The van der Waals surface area contributed by atoms with Crippen molar-refractivity contribution in [3.8, 4) is 11.5 Å². The Labute approximate surface area is 185 Å². The van der Waals surface area contributed by atoms with Gasteiger partial charge in [-0.05, 0) is 67.6 Å². The molecule has 0 spiro atoms. The molecule has 1 atom stereocenters. The van der Waals surface area contributed by atoms with Crippen LogP contribution in [-0.2, 0) is 16.1 Å². The van der Waals surface area contributed by atoms with Crippen LogP contribution in [0.1, 0.15) is 43.4 Å². The number of methoxy groups -OCH3 is 1. The molecule has 0 unspecified atom stereocenters. The zero-order valence-corrected chi connectivity index (χ0v) is 19.2. The fraction of sp³-hybridized carbons (Fsp3) is 0.440. The zero-order valence-electron chi connectivity index (χ0n) is 19.2. The summed E-state index contributed by atoms with van der Waals surface area (Å²) in [5.74, 6) is 0.975. The Morgan fingerprint density at radius 3 is 2.35 bits per heavy atom. The first-order valence-electron chi connectivity index (χ1n) is 10.8. The van der Waals surface area contributed by atoms with E-state index in [-0.39, 0.29) is 18.4 Å². The fourth-order valence-electron chi connectivity index (χ4n) is 3.50. The van der Waals surface area contributed by atoms with E-state index in [4.69, 9.17) is 9.47 Å². The number of amides is 2. The number of nitrogens with one attached hydrogen (secondary N) is 1. The molecular weight excluding hydrogens is 392 g/mol. The van der Waals surface area contributed by atoms with Gasteiger partial charge in [0.25, 0.3) is 5.91 Å². The first kappa shape index (κ1) is 24.3. The molecule has 31 heavy (non-hydrogen) atoms. The highest BCUT2D eigenvalue weighted by atomic mass is 16.5. The van der Waals surface area contributed by atoms with E-state index in [0.29, 0.717) is 31.0 Å². The van der Waals surface area contributed by atoms with Crippen molar-refractivity contribution in [2.45, 2.75) is 53.1 Å². The molecule has 0 saturated heterocycles. The van der Waals surface area contributed by atoms with Gasteiger partial charge in [-0.25, -0.2) is 0 Å². The Hall–Kier alpha value is -3.02. The van der Waals surface area contributed by atoms with Crippen LogP contribution in [0.3, 0.4) is 0 Å². The van der Waals surface area contributed by atoms with Crippen molar-refractivity contribution in [2.75, 3.05) is 20.3 Å². The molecule has 2 aromatic rings. The molecule has 0 fully saturated rings. The van der Waals surface area contributed by atoms with Gasteiger partial charge in [0.15, 0.2) is 6.61 Å². The van der Waals surface area contributed by atoms with Gasteiger partial charge in [0.1, 0.15) is 17.5 Å². The molecule has 0 aliphatic carbocycles. The van der Waals surface area contributed by atoms with Gasteiger partial charge < -0.3 is 19.7 Å². The van der Waals surface area contributed by atoms with Crippen LogP contribution in [0.5, 0.6) is 11.5 Å².